The van der Waals surface area contributed by atoms with Crippen LogP contribution in [0.1, 0.15) is 12.5 Å². The van der Waals surface area contributed by atoms with E-state index in [1.807, 2.05) is 24.3 Å². The maximum atomic E-state index is 12.6. The number of hydrogen-bond acceptors (Lipinski definition) is 4. The van der Waals surface area contributed by atoms with E-state index in [4.69, 9.17) is 4.74 Å². The molecule has 0 unspecified atom stereocenters. The van der Waals surface area contributed by atoms with E-state index in [0.29, 0.717) is 19.2 Å². The van der Waals surface area contributed by atoms with Crippen LogP contribution in [0.15, 0.2) is 54.6 Å². The Labute approximate surface area is 167 Å². The molecule has 0 aromatic heterocycles. The second-order valence-corrected chi connectivity index (χ2v) is 7.77. The molecule has 0 aliphatic carbocycles. The zero-order valence-electron chi connectivity index (χ0n) is 16.5. The molecule has 0 saturated carbocycles. The Bertz CT molecular complexity index is 787. The number of piperazine rings is 1. The minimum Gasteiger partial charge on any atom is -0.492 e. The Hall–Kier alpha value is -2.53. The molecule has 148 valence electrons. The topological polar surface area (TPSA) is 44.8 Å². The fourth-order valence-corrected chi connectivity index (χ4v) is 4.08. The number of amides is 1. The van der Waals surface area contributed by atoms with Gasteiger partial charge in [-0.3, -0.25) is 9.69 Å². The molecule has 2 heterocycles. The Morgan fingerprint density at radius 2 is 1.79 bits per heavy atom. The summed E-state index contributed by atoms with van der Waals surface area (Å²) in [6, 6.07) is 18.9. The van der Waals surface area contributed by atoms with E-state index in [-0.39, 0.29) is 11.8 Å². The predicted octanol–water partition coefficient (Wildman–Crippen LogP) is 2.56. The van der Waals surface area contributed by atoms with Crippen LogP contribution in [-0.4, -0.2) is 56.2 Å². The molecule has 5 heteroatoms. The first kappa shape index (κ1) is 18.8. The molecular weight excluding hydrogens is 350 g/mol. The normalized spacial score (nSPS) is 20.8. The summed E-state index contributed by atoms with van der Waals surface area (Å²) in [5.41, 5.74) is 2.42. The van der Waals surface area contributed by atoms with Crippen LogP contribution >= 0.6 is 0 Å². The van der Waals surface area contributed by atoms with Gasteiger partial charge in [-0.25, -0.2) is 0 Å². The van der Waals surface area contributed by atoms with Gasteiger partial charge in [0, 0.05) is 44.5 Å². The number of rotatable bonds is 5. The minimum absolute atomic E-state index is 0.1000. The van der Waals surface area contributed by atoms with Crippen LogP contribution < -0.4 is 15.0 Å². The Morgan fingerprint density at radius 1 is 1.07 bits per heavy atom. The SMILES string of the molecule is C[C@H](CNC(=O)[C@@H]1COc2ccccc2C1)N1CCN(c2ccccc2)CC1. The highest BCUT2D eigenvalue weighted by Crippen LogP contribution is 2.26. The third-order valence-electron chi connectivity index (χ3n) is 5.88. The fourth-order valence-electron chi connectivity index (χ4n) is 4.08. The van der Waals surface area contributed by atoms with Crippen LogP contribution in [0.2, 0.25) is 0 Å². The second kappa shape index (κ2) is 8.65. The molecule has 4 rings (SSSR count). The van der Waals surface area contributed by atoms with Crippen LogP contribution in [0.5, 0.6) is 5.75 Å². The van der Waals surface area contributed by atoms with Gasteiger partial charge in [0.25, 0.3) is 0 Å². The lowest BCUT2D eigenvalue weighted by molar-refractivity contribution is -0.126. The summed E-state index contributed by atoms with van der Waals surface area (Å²) < 4.78 is 5.76. The van der Waals surface area contributed by atoms with Crippen molar-refractivity contribution in [3.8, 4) is 5.75 Å². The van der Waals surface area contributed by atoms with Crippen molar-refractivity contribution in [2.75, 3.05) is 44.2 Å². The third kappa shape index (κ3) is 4.30. The van der Waals surface area contributed by atoms with Crippen LogP contribution in [0, 0.1) is 5.92 Å². The van der Waals surface area contributed by atoms with Crippen molar-refractivity contribution in [2.24, 2.45) is 5.92 Å². The summed E-state index contributed by atoms with van der Waals surface area (Å²) in [4.78, 5) is 17.5. The number of para-hydroxylation sites is 2. The second-order valence-electron chi connectivity index (χ2n) is 7.77. The van der Waals surface area contributed by atoms with Gasteiger partial charge in [-0.15, -0.1) is 0 Å². The van der Waals surface area contributed by atoms with Crippen molar-refractivity contribution in [2.45, 2.75) is 19.4 Å². The molecule has 0 bridgehead atoms. The number of benzene rings is 2. The molecule has 2 aliphatic rings. The molecule has 0 spiro atoms. The van der Waals surface area contributed by atoms with Gasteiger partial charge in [0.2, 0.25) is 5.91 Å². The van der Waals surface area contributed by atoms with Crippen LogP contribution in [-0.2, 0) is 11.2 Å². The average molecular weight is 380 g/mol. The van der Waals surface area contributed by atoms with Crippen molar-refractivity contribution in [1.82, 2.24) is 10.2 Å². The lowest BCUT2D eigenvalue weighted by Crippen LogP contribution is -2.53. The molecule has 1 amide bonds. The Morgan fingerprint density at radius 3 is 2.57 bits per heavy atom. The fraction of sp³-hybridized carbons (Fsp3) is 0.435. The third-order valence-corrected chi connectivity index (χ3v) is 5.88. The zero-order valence-corrected chi connectivity index (χ0v) is 16.5. The quantitative estimate of drug-likeness (QED) is 0.867. The van der Waals surface area contributed by atoms with Gasteiger partial charge in [-0.2, -0.15) is 0 Å². The highest BCUT2D eigenvalue weighted by atomic mass is 16.5. The van der Waals surface area contributed by atoms with E-state index < -0.39 is 0 Å². The van der Waals surface area contributed by atoms with Crippen LogP contribution in [0.4, 0.5) is 5.69 Å². The van der Waals surface area contributed by atoms with Crippen molar-refractivity contribution in [1.29, 1.82) is 0 Å². The summed E-state index contributed by atoms with van der Waals surface area (Å²) in [5, 5.41) is 3.15. The Balaban J connectivity index is 1.23. The first-order valence-electron chi connectivity index (χ1n) is 10.2. The number of nitrogens with zero attached hydrogens (tertiary/aromatic N) is 2. The molecule has 2 aromatic rings. The smallest absolute Gasteiger partial charge is 0.226 e. The van der Waals surface area contributed by atoms with E-state index in [1.165, 1.54) is 5.69 Å². The maximum absolute atomic E-state index is 12.6. The van der Waals surface area contributed by atoms with E-state index in [0.717, 1.165) is 43.9 Å². The zero-order chi connectivity index (χ0) is 19.3. The van der Waals surface area contributed by atoms with Crippen molar-refractivity contribution < 1.29 is 9.53 Å². The van der Waals surface area contributed by atoms with E-state index in [9.17, 15) is 4.79 Å². The van der Waals surface area contributed by atoms with Gasteiger partial charge < -0.3 is 15.0 Å². The summed E-state index contributed by atoms with van der Waals surface area (Å²) in [6.07, 6.45) is 0.756. The van der Waals surface area contributed by atoms with Crippen molar-refractivity contribution >= 4 is 11.6 Å². The van der Waals surface area contributed by atoms with Gasteiger partial charge in [-0.05, 0) is 37.1 Å². The first-order chi connectivity index (χ1) is 13.7. The number of hydrogen-bond donors (Lipinski definition) is 1. The molecule has 2 aliphatic heterocycles. The standard InChI is InChI=1S/C23H29N3O2/c1-18(25-11-13-26(14-12-25)21-8-3-2-4-9-21)16-24-23(27)20-15-19-7-5-6-10-22(19)28-17-20/h2-10,18,20H,11-17H2,1H3,(H,24,27)/t18-,20+/m1/s1. The lowest BCUT2D eigenvalue weighted by Gasteiger charge is -2.39. The predicted molar refractivity (Wildman–Crippen MR) is 112 cm³/mol. The van der Waals surface area contributed by atoms with Gasteiger partial charge in [0.1, 0.15) is 12.4 Å². The number of carbonyl (C=O) groups excluding carboxylic acids is 1. The molecule has 5 nitrogen and oxygen atoms in total. The number of nitrogens with one attached hydrogen (secondary N) is 1. The van der Waals surface area contributed by atoms with Gasteiger partial charge in [-0.1, -0.05) is 36.4 Å². The molecular formula is C23H29N3O2. The molecule has 0 radical (unpaired) electrons. The summed E-state index contributed by atoms with van der Waals surface area (Å²) in [7, 11) is 0. The van der Waals surface area contributed by atoms with Crippen molar-refractivity contribution in [3.63, 3.8) is 0 Å². The summed E-state index contributed by atoms with van der Waals surface area (Å²) >= 11 is 0. The highest BCUT2D eigenvalue weighted by Gasteiger charge is 2.27. The lowest BCUT2D eigenvalue weighted by atomic mass is 9.96. The van der Waals surface area contributed by atoms with Gasteiger partial charge in [0.05, 0.1) is 5.92 Å². The highest BCUT2D eigenvalue weighted by molar-refractivity contribution is 5.79. The molecule has 2 aromatic carbocycles. The summed E-state index contributed by atoms with van der Waals surface area (Å²) in [5.74, 6) is 0.914. The summed E-state index contributed by atoms with van der Waals surface area (Å²) in [6.45, 7) is 7.43. The monoisotopic (exact) mass is 379 g/mol. The number of carbonyl (C=O) groups is 1. The van der Waals surface area contributed by atoms with Crippen LogP contribution in [0.3, 0.4) is 0 Å². The Kier molecular flexibility index (Phi) is 5.81. The van der Waals surface area contributed by atoms with E-state index in [1.54, 1.807) is 0 Å². The number of fused-ring (bicyclic) bond motifs is 1. The largest absolute Gasteiger partial charge is 0.492 e. The first-order valence-corrected chi connectivity index (χ1v) is 10.2. The van der Waals surface area contributed by atoms with E-state index >= 15 is 0 Å². The van der Waals surface area contributed by atoms with Gasteiger partial charge in [0.15, 0.2) is 0 Å². The number of anilines is 1. The molecule has 2 atom stereocenters. The average Bonchev–Trinajstić information content (AvgIpc) is 2.77. The van der Waals surface area contributed by atoms with Crippen LogP contribution in [0.25, 0.3) is 0 Å². The molecule has 1 N–H and O–H groups in total. The number of ether oxygens (including phenoxy) is 1. The minimum atomic E-state index is -0.1000. The van der Waals surface area contributed by atoms with E-state index in [2.05, 4.69) is 52.4 Å². The van der Waals surface area contributed by atoms with Crippen molar-refractivity contribution in [3.05, 3.63) is 60.2 Å². The van der Waals surface area contributed by atoms with Gasteiger partial charge >= 0.3 is 0 Å². The molecule has 1 saturated heterocycles. The molecule has 1 fully saturated rings. The maximum Gasteiger partial charge on any atom is 0.226 e. The molecule has 28 heavy (non-hydrogen) atoms.